The molecule has 0 radical (unpaired) electrons. The van der Waals surface area contributed by atoms with E-state index in [0.717, 1.165) is 12.0 Å². The van der Waals surface area contributed by atoms with E-state index in [1.165, 1.54) is 0 Å². The molecule has 0 saturated carbocycles. The molecule has 126 valence electrons. The maximum Gasteiger partial charge on any atom is 0.256 e. The van der Waals surface area contributed by atoms with E-state index < -0.39 is 6.10 Å². The molecule has 1 aliphatic heterocycles. The molecule has 1 aliphatic rings. The smallest absolute Gasteiger partial charge is 0.256 e. The number of hydrogen-bond acceptors (Lipinski definition) is 5. The highest BCUT2D eigenvalue weighted by atomic mass is 16.3. The molecule has 1 N–H and O–H groups in total. The second-order valence-corrected chi connectivity index (χ2v) is 6.33. The van der Waals surface area contributed by atoms with Gasteiger partial charge in [0.05, 0.1) is 17.2 Å². The van der Waals surface area contributed by atoms with Crippen LogP contribution in [-0.4, -0.2) is 50.1 Å². The fourth-order valence-corrected chi connectivity index (χ4v) is 3.38. The molecule has 6 heteroatoms. The number of likely N-dealkylation sites (tertiary alicyclic amines) is 1. The minimum atomic E-state index is -0.529. The van der Waals surface area contributed by atoms with Crippen molar-refractivity contribution in [2.75, 3.05) is 13.1 Å². The predicted molar refractivity (Wildman–Crippen MR) is 92.9 cm³/mol. The van der Waals surface area contributed by atoms with Crippen molar-refractivity contribution < 1.29 is 9.90 Å². The van der Waals surface area contributed by atoms with Gasteiger partial charge in [0, 0.05) is 43.8 Å². The van der Waals surface area contributed by atoms with Crippen LogP contribution in [0.2, 0.25) is 0 Å². The van der Waals surface area contributed by atoms with E-state index in [0.29, 0.717) is 29.7 Å². The molecule has 1 fully saturated rings. The van der Waals surface area contributed by atoms with Gasteiger partial charge in [-0.25, -0.2) is 0 Å². The number of fused-ring (bicyclic) bond motifs is 1. The summed E-state index contributed by atoms with van der Waals surface area (Å²) >= 11 is 0. The zero-order valence-electron chi connectivity index (χ0n) is 13.6. The van der Waals surface area contributed by atoms with Gasteiger partial charge >= 0.3 is 0 Å². The van der Waals surface area contributed by atoms with Gasteiger partial charge in [-0.05, 0) is 36.2 Å². The Morgan fingerprint density at radius 3 is 2.72 bits per heavy atom. The Hall–Kier alpha value is -2.86. The normalized spacial score (nSPS) is 20.1. The Morgan fingerprint density at radius 2 is 1.88 bits per heavy atom. The number of carbonyl (C=O) groups is 1. The van der Waals surface area contributed by atoms with Gasteiger partial charge in [-0.15, -0.1) is 0 Å². The lowest BCUT2D eigenvalue weighted by molar-refractivity contribution is 0.0766. The van der Waals surface area contributed by atoms with Crippen molar-refractivity contribution in [1.29, 1.82) is 0 Å². The maximum absolute atomic E-state index is 12.9. The minimum Gasteiger partial charge on any atom is -0.391 e. The summed E-state index contributed by atoms with van der Waals surface area (Å²) < 4.78 is 0. The summed E-state index contributed by atoms with van der Waals surface area (Å²) in [6.45, 7) is 0.865. The van der Waals surface area contributed by atoms with Crippen molar-refractivity contribution in [3.8, 4) is 0 Å². The highest BCUT2D eigenvalue weighted by Crippen LogP contribution is 2.24. The van der Waals surface area contributed by atoms with Crippen molar-refractivity contribution in [2.24, 2.45) is 5.92 Å². The summed E-state index contributed by atoms with van der Waals surface area (Å²) in [5.74, 6) is -0.0882. The summed E-state index contributed by atoms with van der Waals surface area (Å²) in [4.78, 5) is 27.2. The fourth-order valence-electron chi connectivity index (χ4n) is 3.38. The number of aliphatic hydroxyl groups excluding tert-OH is 1. The lowest BCUT2D eigenvalue weighted by atomic mass is 9.97. The summed E-state index contributed by atoms with van der Waals surface area (Å²) in [5, 5.41) is 10.4. The molecule has 1 aromatic carbocycles. The lowest BCUT2D eigenvalue weighted by Crippen LogP contribution is -2.30. The van der Waals surface area contributed by atoms with Crippen LogP contribution >= 0.6 is 0 Å². The van der Waals surface area contributed by atoms with Crippen molar-refractivity contribution in [3.05, 3.63) is 66.2 Å². The summed E-state index contributed by atoms with van der Waals surface area (Å²) in [6.07, 6.45) is 6.88. The van der Waals surface area contributed by atoms with E-state index in [2.05, 4.69) is 15.0 Å². The average Bonchev–Trinajstić information content (AvgIpc) is 3.02. The van der Waals surface area contributed by atoms with E-state index in [1.54, 1.807) is 35.8 Å². The molecule has 0 aliphatic carbocycles. The lowest BCUT2D eigenvalue weighted by Gasteiger charge is -2.17. The number of hydrogen-bond donors (Lipinski definition) is 1. The minimum absolute atomic E-state index is 0.0208. The number of carbonyl (C=O) groups excluding carboxylic acids is 1. The van der Waals surface area contributed by atoms with Gasteiger partial charge in [0.25, 0.3) is 5.91 Å². The zero-order valence-corrected chi connectivity index (χ0v) is 13.6. The number of pyridine rings is 1. The van der Waals surface area contributed by atoms with E-state index in [4.69, 9.17) is 0 Å². The number of aromatic nitrogens is 3. The molecule has 6 nitrogen and oxygen atoms in total. The highest BCUT2D eigenvalue weighted by molar-refractivity contribution is 6.04. The third kappa shape index (κ3) is 3.08. The molecule has 2 atom stereocenters. The molecule has 1 saturated heterocycles. The van der Waals surface area contributed by atoms with Gasteiger partial charge in [-0.1, -0.05) is 6.07 Å². The summed E-state index contributed by atoms with van der Waals surface area (Å²) in [7, 11) is 0. The largest absolute Gasteiger partial charge is 0.391 e. The zero-order chi connectivity index (χ0) is 17.2. The number of rotatable bonds is 3. The molecule has 0 spiro atoms. The van der Waals surface area contributed by atoms with Gasteiger partial charge in [0.2, 0.25) is 0 Å². The van der Waals surface area contributed by atoms with Gasteiger partial charge < -0.3 is 10.0 Å². The SMILES string of the molecule is O=C(c1cccc2nccnc12)N1C[C@@H](Cc2ccncc2)[C@H](O)C1. The van der Waals surface area contributed by atoms with E-state index >= 15 is 0 Å². The Kier molecular flexibility index (Phi) is 4.11. The molecule has 0 bridgehead atoms. The highest BCUT2D eigenvalue weighted by Gasteiger charge is 2.34. The number of β-amino-alcohol motifs (C(OH)–C–C–N with tert-alkyl or cyclic N) is 1. The number of para-hydroxylation sites is 1. The Bertz CT molecular complexity index is 895. The van der Waals surface area contributed by atoms with Crippen molar-refractivity contribution in [1.82, 2.24) is 19.9 Å². The van der Waals surface area contributed by atoms with Gasteiger partial charge in [0.1, 0.15) is 5.52 Å². The Balaban J connectivity index is 1.55. The van der Waals surface area contributed by atoms with Gasteiger partial charge in [-0.3, -0.25) is 19.7 Å². The van der Waals surface area contributed by atoms with Crippen LogP contribution in [0.3, 0.4) is 0 Å². The molecule has 1 amide bonds. The third-order valence-electron chi connectivity index (χ3n) is 4.67. The molecule has 3 aromatic rings. The average molecular weight is 334 g/mol. The monoisotopic (exact) mass is 334 g/mol. The number of amides is 1. The number of benzene rings is 1. The molecule has 4 rings (SSSR count). The van der Waals surface area contributed by atoms with E-state index in [9.17, 15) is 9.90 Å². The first kappa shape index (κ1) is 15.7. The van der Waals surface area contributed by atoms with Crippen molar-refractivity contribution in [3.63, 3.8) is 0 Å². The van der Waals surface area contributed by atoms with Gasteiger partial charge in [0.15, 0.2) is 0 Å². The van der Waals surface area contributed by atoms with Crippen LogP contribution in [0.25, 0.3) is 11.0 Å². The summed E-state index contributed by atoms with van der Waals surface area (Å²) in [6, 6.07) is 9.30. The van der Waals surface area contributed by atoms with E-state index in [-0.39, 0.29) is 11.8 Å². The van der Waals surface area contributed by atoms with Crippen LogP contribution in [0.1, 0.15) is 15.9 Å². The standard InChI is InChI=1S/C19H18N4O2/c24-17-12-23(11-14(17)10-13-4-6-20-7-5-13)19(25)15-2-1-3-16-18(15)22-9-8-21-16/h1-9,14,17,24H,10-12H2/t14-,17-/m1/s1. The fraction of sp³-hybridized carbons (Fsp3) is 0.263. The topological polar surface area (TPSA) is 79.2 Å². The second-order valence-electron chi connectivity index (χ2n) is 6.33. The van der Waals surface area contributed by atoms with Crippen LogP contribution in [-0.2, 0) is 6.42 Å². The molecular formula is C19H18N4O2. The Morgan fingerprint density at radius 1 is 1.08 bits per heavy atom. The predicted octanol–water partition coefficient (Wildman–Crippen LogP) is 1.70. The molecule has 2 aromatic heterocycles. The molecule has 25 heavy (non-hydrogen) atoms. The van der Waals surface area contributed by atoms with Crippen LogP contribution < -0.4 is 0 Å². The number of nitrogens with zero attached hydrogens (tertiary/aromatic N) is 4. The summed E-state index contributed by atoms with van der Waals surface area (Å²) in [5.41, 5.74) is 2.94. The van der Waals surface area contributed by atoms with Crippen LogP contribution in [0.5, 0.6) is 0 Å². The van der Waals surface area contributed by atoms with Crippen LogP contribution in [0, 0.1) is 5.92 Å². The van der Waals surface area contributed by atoms with E-state index in [1.807, 2.05) is 24.3 Å². The first-order chi connectivity index (χ1) is 12.2. The maximum atomic E-state index is 12.9. The van der Waals surface area contributed by atoms with Crippen LogP contribution in [0.4, 0.5) is 0 Å². The van der Waals surface area contributed by atoms with Crippen LogP contribution in [0.15, 0.2) is 55.1 Å². The van der Waals surface area contributed by atoms with Crippen molar-refractivity contribution >= 4 is 16.9 Å². The first-order valence-corrected chi connectivity index (χ1v) is 8.28. The van der Waals surface area contributed by atoms with Crippen molar-refractivity contribution in [2.45, 2.75) is 12.5 Å². The second kappa shape index (κ2) is 6.57. The Labute approximate surface area is 145 Å². The third-order valence-corrected chi connectivity index (χ3v) is 4.67. The van der Waals surface area contributed by atoms with Gasteiger partial charge in [-0.2, -0.15) is 0 Å². The molecule has 3 heterocycles. The quantitative estimate of drug-likeness (QED) is 0.789. The first-order valence-electron chi connectivity index (χ1n) is 8.28. The molecular weight excluding hydrogens is 316 g/mol. The molecule has 0 unspecified atom stereocenters. The number of aliphatic hydroxyl groups is 1.